The number of nitrogens with one attached hydrogen (secondary N) is 2. The standard InChI is InChI=1S/C6H10F2N4O/c1-4(13-2)9-6-3-5(7)10-12(8)11-6/h3-4,9,11H,1-2H3. The molecule has 1 atom stereocenters. The van der Waals surface area contributed by atoms with Crippen LogP contribution in [-0.2, 0) is 4.74 Å². The average Bonchev–Trinajstić information content (AvgIpc) is 2.02. The fraction of sp³-hybridized carbons (Fsp3) is 0.500. The van der Waals surface area contributed by atoms with Crippen LogP contribution in [0.4, 0.5) is 8.87 Å². The number of hydrogen-bond acceptors (Lipinski definition) is 5. The van der Waals surface area contributed by atoms with Gasteiger partial charge in [0.2, 0.25) is 5.97 Å². The molecule has 0 aromatic rings. The number of allylic oxidation sites excluding steroid dienone is 1. The van der Waals surface area contributed by atoms with Gasteiger partial charge in [0, 0.05) is 13.2 Å². The van der Waals surface area contributed by atoms with E-state index < -0.39 is 5.97 Å². The quantitative estimate of drug-likeness (QED) is 0.502. The van der Waals surface area contributed by atoms with Gasteiger partial charge in [-0.05, 0) is 12.3 Å². The zero-order chi connectivity index (χ0) is 9.84. The van der Waals surface area contributed by atoms with Crippen LogP contribution in [0.1, 0.15) is 6.92 Å². The second kappa shape index (κ2) is 4.04. The van der Waals surface area contributed by atoms with Crippen molar-refractivity contribution in [3.63, 3.8) is 0 Å². The van der Waals surface area contributed by atoms with Gasteiger partial charge in [-0.3, -0.25) is 0 Å². The molecule has 0 spiro atoms. The molecule has 1 heterocycles. The first-order valence-corrected chi connectivity index (χ1v) is 3.59. The Labute approximate surface area is 73.9 Å². The van der Waals surface area contributed by atoms with Crippen LogP contribution < -0.4 is 10.7 Å². The molecule has 0 radical (unpaired) electrons. The molecule has 0 aliphatic carbocycles. The first-order valence-electron chi connectivity index (χ1n) is 3.59. The molecule has 0 aromatic carbocycles. The van der Waals surface area contributed by atoms with Crippen LogP contribution in [0.2, 0.25) is 0 Å². The van der Waals surface area contributed by atoms with Gasteiger partial charge in [-0.1, -0.05) is 9.58 Å². The average molecular weight is 192 g/mol. The smallest absolute Gasteiger partial charge is 0.239 e. The molecular weight excluding hydrogens is 182 g/mol. The number of methoxy groups -OCH3 is 1. The molecule has 0 fully saturated rings. The summed E-state index contributed by atoms with van der Waals surface area (Å²) >= 11 is 0. The molecule has 5 nitrogen and oxygen atoms in total. The van der Waals surface area contributed by atoms with Crippen molar-refractivity contribution >= 4 is 5.97 Å². The van der Waals surface area contributed by atoms with Gasteiger partial charge in [0.25, 0.3) is 0 Å². The third-order valence-corrected chi connectivity index (χ3v) is 1.37. The molecule has 0 bridgehead atoms. The fourth-order valence-electron chi connectivity index (χ4n) is 0.740. The highest BCUT2D eigenvalue weighted by Gasteiger charge is 2.12. The molecular formula is C6H10F2N4O. The summed E-state index contributed by atoms with van der Waals surface area (Å²) in [5.74, 6) is -0.781. The Hall–Kier alpha value is -1.37. The number of hydrazone groups is 1. The topological polar surface area (TPSA) is 48.9 Å². The Morgan fingerprint density at radius 3 is 3.00 bits per heavy atom. The minimum atomic E-state index is -0.924. The largest absolute Gasteiger partial charge is 0.362 e. The molecule has 13 heavy (non-hydrogen) atoms. The van der Waals surface area contributed by atoms with E-state index in [4.69, 9.17) is 4.74 Å². The molecule has 1 aliphatic rings. The molecule has 1 aliphatic heterocycles. The Morgan fingerprint density at radius 2 is 2.46 bits per heavy atom. The van der Waals surface area contributed by atoms with Gasteiger partial charge in [-0.2, -0.15) is 4.39 Å². The van der Waals surface area contributed by atoms with Gasteiger partial charge >= 0.3 is 0 Å². The molecule has 1 rings (SSSR count). The molecule has 0 saturated heterocycles. The predicted octanol–water partition coefficient (Wildman–Crippen LogP) is 0.398. The first-order chi connectivity index (χ1) is 6.11. The molecule has 74 valence electrons. The Morgan fingerprint density at radius 1 is 1.77 bits per heavy atom. The van der Waals surface area contributed by atoms with Gasteiger partial charge in [0.15, 0.2) is 0 Å². The highest BCUT2D eigenvalue weighted by molar-refractivity contribution is 5.87. The fourth-order valence-corrected chi connectivity index (χ4v) is 0.740. The molecule has 2 N–H and O–H groups in total. The van der Waals surface area contributed by atoms with E-state index in [9.17, 15) is 8.87 Å². The third kappa shape index (κ3) is 2.86. The van der Waals surface area contributed by atoms with Crippen LogP contribution in [0.15, 0.2) is 17.0 Å². The summed E-state index contributed by atoms with van der Waals surface area (Å²) < 4.78 is 29.7. The Kier molecular flexibility index (Phi) is 3.02. The van der Waals surface area contributed by atoms with E-state index in [1.54, 1.807) is 6.92 Å². The summed E-state index contributed by atoms with van der Waals surface area (Å²) in [6, 6.07) is 0. The summed E-state index contributed by atoms with van der Waals surface area (Å²) in [6.07, 6.45) is 0.670. The highest BCUT2D eigenvalue weighted by atomic mass is 19.2. The van der Waals surface area contributed by atoms with Crippen molar-refractivity contribution in [1.29, 1.82) is 0 Å². The Bertz CT molecular complexity index is 243. The van der Waals surface area contributed by atoms with Crippen molar-refractivity contribution in [1.82, 2.24) is 16.1 Å². The predicted molar refractivity (Wildman–Crippen MR) is 42.3 cm³/mol. The SMILES string of the molecule is COC(C)NC1=CC(F)=NN(F)N1. The molecule has 1 unspecified atom stereocenters. The van der Waals surface area contributed by atoms with E-state index in [-0.39, 0.29) is 17.4 Å². The van der Waals surface area contributed by atoms with Crippen molar-refractivity contribution in [3.8, 4) is 0 Å². The summed E-state index contributed by atoms with van der Waals surface area (Å²) in [5.41, 5.74) is 2.12. The van der Waals surface area contributed by atoms with E-state index in [0.29, 0.717) is 0 Å². The molecule has 7 heteroatoms. The lowest BCUT2D eigenvalue weighted by molar-refractivity contribution is -0.0274. The third-order valence-electron chi connectivity index (χ3n) is 1.37. The van der Waals surface area contributed by atoms with E-state index in [1.807, 2.05) is 0 Å². The highest BCUT2D eigenvalue weighted by Crippen LogP contribution is 2.02. The molecule has 0 amide bonds. The number of ether oxygens (including phenoxy) is 1. The van der Waals surface area contributed by atoms with Crippen LogP contribution in [0, 0.1) is 0 Å². The van der Waals surface area contributed by atoms with Crippen LogP contribution in [0.5, 0.6) is 0 Å². The van der Waals surface area contributed by atoms with Crippen molar-refractivity contribution in [2.45, 2.75) is 13.2 Å². The van der Waals surface area contributed by atoms with Crippen LogP contribution in [-0.4, -0.2) is 24.6 Å². The van der Waals surface area contributed by atoms with E-state index in [2.05, 4.69) is 15.8 Å². The van der Waals surface area contributed by atoms with Crippen molar-refractivity contribution in [2.24, 2.45) is 5.10 Å². The van der Waals surface area contributed by atoms with Gasteiger partial charge in [0.1, 0.15) is 12.0 Å². The van der Waals surface area contributed by atoms with Crippen molar-refractivity contribution in [3.05, 3.63) is 11.9 Å². The van der Waals surface area contributed by atoms with Gasteiger partial charge < -0.3 is 10.1 Å². The lowest BCUT2D eigenvalue weighted by Gasteiger charge is -2.21. The Balaban J connectivity index is 2.56. The van der Waals surface area contributed by atoms with Crippen LogP contribution in [0.3, 0.4) is 0 Å². The first kappa shape index (κ1) is 9.72. The second-order valence-corrected chi connectivity index (χ2v) is 2.37. The zero-order valence-electron chi connectivity index (χ0n) is 7.21. The number of halogens is 2. The van der Waals surface area contributed by atoms with Crippen LogP contribution in [0.25, 0.3) is 0 Å². The van der Waals surface area contributed by atoms with Gasteiger partial charge in [0.05, 0.1) is 0 Å². The zero-order valence-corrected chi connectivity index (χ0v) is 7.21. The number of nitrogens with zero attached hydrogens (tertiary/aromatic N) is 2. The number of hydrazine groups is 1. The normalized spacial score (nSPS) is 18.6. The minimum absolute atomic E-state index is 0.143. The summed E-state index contributed by atoms with van der Waals surface area (Å²) in [6.45, 7) is 1.69. The van der Waals surface area contributed by atoms with Crippen molar-refractivity contribution < 1.29 is 13.6 Å². The van der Waals surface area contributed by atoms with E-state index in [1.165, 1.54) is 7.11 Å². The number of rotatable bonds is 3. The lowest BCUT2D eigenvalue weighted by Crippen LogP contribution is -2.40. The monoisotopic (exact) mass is 192 g/mol. The summed E-state index contributed by atoms with van der Waals surface area (Å²) in [7, 11) is 1.47. The maximum absolute atomic E-state index is 12.5. The molecule has 0 saturated carbocycles. The maximum atomic E-state index is 12.5. The second-order valence-electron chi connectivity index (χ2n) is 2.37. The number of hydrogen-bond donors (Lipinski definition) is 2. The minimum Gasteiger partial charge on any atom is -0.362 e. The lowest BCUT2D eigenvalue weighted by atomic mass is 10.5. The van der Waals surface area contributed by atoms with Crippen molar-refractivity contribution in [2.75, 3.05) is 7.11 Å². The molecule has 0 aromatic heterocycles. The van der Waals surface area contributed by atoms with Gasteiger partial charge in [-0.25, -0.2) is 5.43 Å². The summed E-state index contributed by atoms with van der Waals surface area (Å²) in [4.78, 5) is 0. The maximum Gasteiger partial charge on any atom is 0.239 e. The van der Waals surface area contributed by atoms with E-state index >= 15 is 0 Å². The van der Waals surface area contributed by atoms with E-state index in [0.717, 1.165) is 6.08 Å². The summed E-state index contributed by atoms with van der Waals surface area (Å²) in [5, 5.41) is 5.25. The van der Waals surface area contributed by atoms with Crippen LogP contribution >= 0.6 is 0 Å². The van der Waals surface area contributed by atoms with Gasteiger partial charge in [-0.15, -0.1) is 0 Å².